The van der Waals surface area contributed by atoms with Gasteiger partial charge in [-0.25, -0.2) is 4.57 Å². The molecule has 0 aromatic heterocycles. The van der Waals surface area contributed by atoms with Crippen LogP contribution in [0.5, 0.6) is 5.75 Å². The Labute approximate surface area is 94.8 Å². The maximum atomic E-state index is 11.2. The van der Waals surface area contributed by atoms with Gasteiger partial charge in [0.25, 0.3) is 0 Å². The molecule has 0 aliphatic heterocycles. The summed E-state index contributed by atoms with van der Waals surface area (Å²) in [5, 5.41) is 0. The molecule has 0 fully saturated rings. The molecule has 4 nitrogen and oxygen atoms in total. The number of aryl methyl sites for hydroxylation is 1. The van der Waals surface area contributed by atoms with Crippen LogP contribution in [0.2, 0.25) is 0 Å². The van der Waals surface area contributed by atoms with E-state index in [0.29, 0.717) is 12.2 Å². The van der Waals surface area contributed by atoms with Crippen molar-refractivity contribution in [2.45, 2.75) is 26.7 Å². The van der Waals surface area contributed by atoms with Crippen molar-refractivity contribution in [1.82, 2.24) is 0 Å². The van der Waals surface area contributed by atoms with Crippen molar-refractivity contribution in [1.29, 1.82) is 0 Å². The molecule has 0 saturated heterocycles. The van der Waals surface area contributed by atoms with Gasteiger partial charge in [0.15, 0.2) is 0 Å². The maximum Gasteiger partial charge on any atom is 0.440 e. The second kappa shape index (κ2) is 5.28. The summed E-state index contributed by atoms with van der Waals surface area (Å²) in [6, 6.07) is 5.24. The number of benzene rings is 1. The molecule has 0 aliphatic rings. The molecule has 1 rings (SSSR count). The second-order valence-corrected chi connectivity index (χ2v) is 4.88. The summed E-state index contributed by atoms with van der Waals surface area (Å²) in [5.74, 6) is 0.319. The van der Waals surface area contributed by atoms with Crippen molar-refractivity contribution in [3.05, 3.63) is 29.3 Å². The molecule has 0 spiro atoms. The van der Waals surface area contributed by atoms with Crippen molar-refractivity contribution < 1.29 is 18.8 Å². The molecule has 0 bridgehead atoms. The fourth-order valence-corrected chi connectivity index (χ4v) is 2.09. The maximum absolute atomic E-state index is 11.2. The number of carbonyl (C=O) groups is 1. The van der Waals surface area contributed by atoms with E-state index in [1.807, 2.05) is 19.9 Å². The van der Waals surface area contributed by atoms with Crippen LogP contribution in [0, 0.1) is 0 Å². The minimum absolute atomic E-state index is 0.0505. The quantitative estimate of drug-likeness (QED) is 0.636. The fourth-order valence-electron chi connectivity index (χ4n) is 1.59. The largest absolute Gasteiger partial charge is 0.440 e. The van der Waals surface area contributed by atoms with Gasteiger partial charge in [-0.05, 0) is 30.0 Å². The van der Waals surface area contributed by atoms with Gasteiger partial charge in [0, 0.05) is 0 Å². The van der Waals surface area contributed by atoms with Crippen LogP contribution in [-0.2, 0) is 22.2 Å². The number of hydrogen-bond acceptors (Lipinski definition) is 3. The Balaban J connectivity index is 3.14. The van der Waals surface area contributed by atoms with Crippen LogP contribution < -0.4 is 4.52 Å². The fraction of sp³-hybridized carbons (Fsp3) is 0.364. The minimum atomic E-state index is -4.15. The van der Waals surface area contributed by atoms with Gasteiger partial charge in [-0.15, -0.1) is 0 Å². The molecular formula is C11H15O4P. The average molecular weight is 242 g/mol. The predicted octanol–water partition coefficient (Wildman–Crippen LogP) is 2.57. The summed E-state index contributed by atoms with van der Waals surface area (Å²) < 4.78 is 16.0. The van der Waals surface area contributed by atoms with Crippen LogP contribution in [0.3, 0.4) is 0 Å². The molecule has 1 atom stereocenters. The van der Waals surface area contributed by atoms with Gasteiger partial charge in [0.05, 0.1) is 0 Å². The molecule has 0 amide bonds. The third kappa shape index (κ3) is 2.94. The first-order valence-corrected chi connectivity index (χ1v) is 6.78. The highest BCUT2D eigenvalue weighted by molar-refractivity contribution is 7.68. The Morgan fingerprint density at radius 1 is 1.38 bits per heavy atom. The number of hydrogen-bond donors (Lipinski definition) is 1. The van der Waals surface area contributed by atoms with Crippen molar-refractivity contribution in [2.75, 3.05) is 0 Å². The lowest BCUT2D eigenvalue weighted by molar-refractivity contribution is 0.390. The molecule has 1 aromatic carbocycles. The van der Waals surface area contributed by atoms with E-state index < -0.39 is 7.60 Å². The standard InChI is InChI=1S/C11H15O4P/c1-3-9-6-5-7-11(10(9)4-2)15-16(13,14)8-12/h5-8H,3-4H2,1-2H3,(H,13,14). The third-order valence-electron chi connectivity index (χ3n) is 2.33. The van der Waals surface area contributed by atoms with Crippen LogP contribution in [0.15, 0.2) is 18.2 Å². The van der Waals surface area contributed by atoms with E-state index in [9.17, 15) is 9.36 Å². The van der Waals surface area contributed by atoms with Crippen molar-refractivity contribution >= 4 is 13.6 Å². The highest BCUT2D eigenvalue weighted by Gasteiger charge is 2.21. The van der Waals surface area contributed by atoms with Crippen LogP contribution in [-0.4, -0.2) is 10.9 Å². The zero-order valence-corrected chi connectivity index (χ0v) is 10.2. The van der Waals surface area contributed by atoms with Gasteiger partial charge in [0.1, 0.15) is 5.75 Å². The summed E-state index contributed by atoms with van der Waals surface area (Å²) in [7, 11) is -4.15. The minimum Gasteiger partial charge on any atom is -0.419 e. The molecule has 0 heterocycles. The molecule has 5 heteroatoms. The summed E-state index contributed by atoms with van der Waals surface area (Å²) in [4.78, 5) is 19.5. The zero-order valence-electron chi connectivity index (χ0n) is 9.34. The van der Waals surface area contributed by atoms with E-state index in [1.165, 1.54) is 0 Å². The highest BCUT2D eigenvalue weighted by Crippen LogP contribution is 2.41. The first kappa shape index (κ1) is 12.9. The number of carbonyl (C=O) groups excluding carboxylic acids is 1. The molecule has 0 aliphatic carbocycles. The van der Waals surface area contributed by atoms with Crippen LogP contribution in [0.1, 0.15) is 25.0 Å². The average Bonchev–Trinajstić information content (AvgIpc) is 2.28. The van der Waals surface area contributed by atoms with Crippen LogP contribution >= 0.6 is 7.60 Å². The molecule has 1 N–H and O–H groups in total. The van der Waals surface area contributed by atoms with Gasteiger partial charge in [-0.2, -0.15) is 0 Å². The predicted molar refractivity (Wildman–Crippen MR) is 62.4 cm³/mol. The van der Waals surface area contributed by atoms with E-state index in [0.717, 1.165) is 17.5 Å². The molecule has 0 saturated carbocycles. The van der Waals surface area contributed by atoms with Gasteiger partial charge >= 0.3 is 7.60 Å². The first-order chi connectivity index (χ1) is 7.54. The Hall–Kier alpha value is -1.12. The molecule has 1 unspecified atom stereocenters. The Bertz CT molecular complexity index is 428. The number of rotatable bonds is 5. The monoisotopic (exact) mass is 242 g/mol. The lowest BCUT2D eigenvalue weighted by atomic mass is 10.0. The van der Waals surface area contributed by atoms with Crippen molar-refractivity contribution in [3.63, 3.8) is 0 Å². The third-order valence-corrected chi connectivity index (χ3v) is 3.05. The zero-order chi connectivity index (χ0) is 12.2. The van der Waals surface area contributed by atoms with Crippen molar-refractivity contribution in [2.24, 2.45) is 0 Å². The van der Waals surface area contributed by atoms with Gasteiger partial charge in [-0.3, -0.25) is 4.79 Å². The second-order valence-electron chi connectivity index (χ2n) is 3.36. The summed E-state index contributed by atoms with van der Waals surface area (Å²) in [6.45, 7) is 3.93. The van der Waals surface area contributed by atoms with E-state index in [-0.39, 0.29) is 6.03 Å². The van der Waals surface area contributed by atoms with Gasteiger partial charge < -0.3 is 9.42 Å². The Morgan fingerprint density at radius 3 is 2.56 bits per heavy atom. The lowest BCUT2D eigenvalue weighted by Crippen LogP contribution is -1.99. The smallest absolute Gasteiger partial charge is 0.419 e. The molecular weight excluding hydrogens is 227 g/mol. The summed E-state index contributed by atoms with van der Waals surface area (Å²) in [6.07, 6.45) is 1.51. The highest BCUT2D eigenvalue weighted by atomic mass is 31.2. The van der Waals surface area contributed by atoms with Gasteiger partial charge in [0.2, 0.25) is 6.03 Å². The first-order valence-electron chi connectivity index (χ1n) is 5.13. The molecule has 16 heavy (non-hydrogen) atoms. The molecule has 1 aromatic rings. The summed E-state index contributed by atoms with van der Waals surface area (Å²) >= 11 is 0. The van der Waals surface area contributed by atoms with E-state index in [1.54, 1.807) is 12.1 Å². The van der Waals surface area contributed by atoms with E-state index in [2.05, 4.69) is 0 Å². The summed E-state index contributed by atoms with van der Waals surface area (Å²) in [5.41, 5.74) is 1.94. The topological polar surface area (TPSA) is 63.6 Å². The van der Waals surface area contributed by atoms with Crippen LogP contribution in [0.25, 0.3) is 0 Å². The SMILES string of the molecule is CCc1cccc(OP(=O)(O)C=O)c1CC. The molecule has 88 valence electrons. The van der Waals surface area contributed by atoms with Gasteiger partial charge in [-0.1, -0.05) is 26.0 Å². The Kier molecular flexibility index (Phi) is 4.27. The van der Waals surface area contributed by atoms with E-state index >= 15 is 0 Å². The lowest BCUT2D eigenvalue weighted by Gasteiger charge is -2.14. The van der Waals surface area contributed by atoms with Crippen molar-refractivity contribution in [3.8, 4) is 5.75 Å². The van der Waals surface area contributed by atoms with E-state index in [4.69, 9.17) is 9.42 Å². The molecule has 0 radical (unpaired) electrons. The van der Waals surface area contributed by atoms with Crippen LogP contribution in [0.4, 0.5) is 0 Å². The Morgan fingerprint density at radius 2 is 2.06 bits per heavy atom. The normalized spacial score (nSPS) is 14.2.